The van der Waals surface area contributed by atoms with Crippen molar-refractivity contribution in [2.75, 3.05) is 18.0 Å². The summed E-state index contributed by atoms with van der Waals surface area (Å²) in [6, 6.07) is 1.95. The van der Waals surface area contributed by atoms with Gasteiger partial charge in [-0.2, -0.15) is 0 Å². The van der Waals surface area contributed by atoms with Crippen LogP contribution in [0.4, 0.5) is 5.13 Å². The molecule has 0 saturated carbocycles. The Bertz CT molecular complexity index is 504. The average Bonchev–Trinajstić information content (AvgIpc) is 3.01. The van der Waals surface area contributed by atoms with Gasteiger partial charge in [0.15, 0.2) is 5.13 Å². The van der Waals surface area contributed by atoms with E-state index in [2.05, 4.69) is 34.2 Å². The van der Waals surface area contributed by atoms with Crippen LogP contribution in [0.5, 0.6) is 0 Å². The van der Waals surface area contributed by atoms with Crippen LogP contribution in [0.3, 0.4) is 0 Å². The van der Waals surface area contributed by atoms with Gasteiger partial charge < -0.3 is 14.7 Å². The van der Waals surface area contributed by atoms with E-state index in [1.807, 2.05) is 19.2 Å². The first-order valence-corrected chi connectivity index (χ1v) is 7.37. The second-order valence-corrected chi connectivity index (χ2v) is 5.41. The lowest BCUT2D eigenvalue weighted by Gasteiger charge is -2.16. The molecule has 0 saturated heterocycles. The van der Waals surface area contributed by atoms with E-state index in [0.29, 0.717) is 0 Å². The van der Waals surface area contributed by atoms with Crippen LogP contribution in [-0.2, 0) is 13.1 Å². The number of thiazole rings is 1. The second-order valence-electron chi connectivity index (χ2n) is 4.31. The van der Waals surface area contributed by atoms with Crippen molar-refractivity contribution in [1.29, 1.82) is 0 Å². The van der Waals surface area contributed by atoms with E-state index >= 15 is 0 Å². The van der Waals surface area contributed by atoms with Crippen molar-refractivity contribution < 1.29 is 4.52 Å². The topological polar surface area (TPSA) is 54.2 Å². The van der Waals surface area contributed by atoms with Crippen molar-refractivity contribution in [1.82, 2.24) is 15.5 Å². The van der Waals surface area contributed by atoms with Crippen LogP contribution in [0.15, 0.2) is 16.8 Å². The summed E-state index contributed by atoms with van der Waals surface area (Å²) < 4.78 is 5.03. The first kappa shape index (κ1) is 14.0. The molecule has 0 radical (unpaired) electrons. The molecule has 0 aliphatic heterocycles. The average molecular weight is 280 g/mol. The van der Waals surface area contributed by atoms with Crippen molar-refractivity contribution in [3.63, 3.8) is 0 Å². The maximum absolute atomic E-state index is 5.03. The summed E-state index contributed by atoms with van der Waals surface area (Å²) in [7, 11) is 0. The summed E-state index contributed by atoms with van der Waals surface area (Å²) in [6.07, 6.45) is 1.94. The molecule has 6 heteroatoms. The van der Waals surface area contributed by atoms with Crippen LogP contribution < -0.4 is 10.2 Å². The summed E-state index contributed by atoms with van der Waals surface area (Å²) >= 11 is 1.74. The highest BCUT2D eigenvalue weighted by atomic mass is 32.1. The van der Waals surface area contributed by atoms with E-state index in [4.69, 9.17) is 4.52 Å². The lowest BCUT2D eigenvalue weighted by atomic mass is 10.4. The van der Waals surface area contributed by atoms with E-state index in [-0.39, 0.29) is 0 Å². The molecule has 2 heterocycles. The summed E-state index contributed by atoms with van der Waals surface area (Å²) in [4.78, 5) is 7.96. The Hall–Kier alpha value is -1.40. The second kappa shape index (κ2) is 6.68. The van der Waals surface area contributed by atoms with Gasteiger partial charge in [-0.15, -0.1) is 11.3 Å². The number of hydrogen-bond acceptors (Lipinski definition) is 6. The van der Waals surface area contributed by atoms with Crippen molar-refractivity contribution >= 4 is 16.5 Å². The molecule has 0 spiro atoms. The number of hydrogen-bond donors (Lipinski definition) is 1. The summed E-state index contributed by atoms with van der Waals surface area (Å²) in [5, 5.41) is 8.39. The summed E-state index contributed by atoms with van der Waals surface area (Å²) in [5.41, 5.74) is 0.936. The highest BCUT2D eigenvalue weighted by molar-refractivity contribution is 7.15. The Morgan fingerprint density at radius 1 is 1.32 bits per heavy atom. The van der Waals surface area contributed by atoms with Gasteiger partial charge in [-0.05, 0) is 20.8 Å². The Balaban J connectivity index is 1.83. The van der Waals surface area contributed by atoms with Gasteiger partial charge in [-0.3, -0.25) is 0 Å². The molecule has 0 bridgehead atoms. The molecular formula is C13H20N4OS. The Labute approximate surface area is 117 Å². The minimum absolute atomic E-state index is 0.718. The number of anilines is 1. The third kappa shape index (κ3) is 3.78. The van der Waals surface area contributed by atoms with Gasteiger partial charge in [-0.1, -0.05) is 5.16 Å². The molecule has 104 valence electrons. The van der Waals surface area contributed by atoms with E-state index in [1.54, 1.807) is 11.3 Å². The smallest absolute Gasteiger partial charge is 0.185 e. The van der Waals surface area contributed by atoms with E-state index in [0.717, 1.165) is 42.8 Å². The van der Waals surface area contributed by atoms with Crippen molar-refractivity contribution in [3.05, 3.63) is 28.6 Å². The highest BCUT2D eigenvalue weighted by Crippen LogP contribution is 2.22. The summed E-state index contributed by atoms with van der Waals surface area (Å²) in [6.45, 7) is 9.71. The normalized spacial score (nSPS) is 10.9. The first-order valence-electron chi connectivity index (χ1n) is 6.55. The molecule has 2 aromatic heterocycles. The van der Waals surface area contributed by atoms with Crippen LogP contribution in [0.1, 0.15) is 30.2 Å². The summed E-state index contributed by atoms with van der Waals surface area (Å²) in [5.74, 6) is 0.846. The fourth-order valence-electron chi connectivity index (χ4n) is 1.83. The molecule has 0 fully saturated rings. The molecular weight excluding hydrogens is 260 g/mol. The molecule has 0 aliphatic rings. The number of aromatic nitrogens is 2. The van der Waals surface area contributed by atoms with Crippen LogP contribution >= 0.6 is 11.3 Å². The van der Waals surface area contributed by atoms with Gasteiger partial charge in [0.2, 0.25) is 0 Å². The van der Waals surface area contributed by atoms with Crippen molar-refractivity contribution in [3.8, 4) is 0 Å². The largest absolute Gasteiger partial charge is 0.361 e. The zero-order valence-electron chi connectivity index (χ0n) is 11.6. The Morgan fingerprint density at radius 3 is 2.74 bits per heavy atom. The van der Waals surface area contributed by atoms with Crippen LogP contribution in [0, 0.1) is 6.92 Å². The molecule has 1 N–H and O–H groups in total. The molecule has 2 aromatic rings. The lowest BCUT2D eigenvalue weighted by molar-refractivity contribution is 0.388. The van der Waals surface area contributed by atoms with Crippen LogP contribution in [0.25, 0.3) is 0 Å². The third-order valence-electron chi connectivity index (χ3n) is 2.86. The fourth-order valence-corrected chi connectivity index (χ4v) is 2.84. The van der Waals surface area contributed by atoms with E-state index < -0.39 is 0 Å². The number of nitrogens with one attached hydrogen (secondary N) is 1. The van der Waals surface area contributed by atoms with Gasteiger partial charge in [0.25, 0.3) is 0 Å². The van der Waals surface area contributed by atoms with Gasteiger partial charge >= 0.3 is 0 Å². The van der Waals surface area contributed by atoms with Crippen molar-refractivity contribution in [2.45, 2.75) is 33.9 Å². The van der Waals surface area contributed by atoms with E-state index in [9.17, 15) is 0 Å². The molecule has 0 unspecified atom stereocenters. The molecule has 0 amide bonds. The number of rotatable bonds is 7. The van der Waals surface area contributed by atoms with Gasteiger partial charge in [0.1, 0.15) is 5.76 Å². The van der Waals surface area contributed by atoms with Gasteiger partial charge in [-0.25, -0.2) is 4.98 Å². The maximum Gasteiger partial charge on any atom is 0.185 e. The third-order valence-corrected chi connectivity index (χ3v) is 3.92. The first-order chi connectivity index (χ1) is 9.22. The molecule has 0 atom stereocenters. The number of aryl methyl sites for hydroxylation is 1. The van der Waals surface area contributed by atoms with Crippen molar-refractivity contribution in [2.24, 2.45) is 0 Å². The lowest BCUT2D eigenvalue weighted by Crippen LogP contribution is -2.21. The Kier molecular flexibility index (Phi) is 4.93. The highest BCUT2D eigenvalue weighted by Gasteiger charge is 2.07. The standard InChI is InChI=1S/C13H20N4OS/c1-4-17(5-2)13-15-9-12(19-13)8-14-7-11-6-10(3)18-16-11/h6,9,14H,4-5,7-8H2,1-3H3. The monoisotopic (exact) mass is 280 g/mol. The number of nitrogens with zero attached hydrogens (tertiary/aromatic N) is 3. The molecule has 5 nitrogen and oxygen atoms in total. The van der Waals surface area contributed by atoms with Crippen LogP contribution in [0.2, 0.25) is 0 Å². The molecule has 0 aromatic carbocycles. The predicted molar refractivity (Wildman–Crippen MR) is 77.5 cm³/mol. The van der Waals surface area contributed by atoms with Gasteiger partial charge in [0.05, 0.1) is 5.69 Å². The minimum Gasteiger partial charge on any atom is -0.361 e. The SMILES string of the molecule is CCN(CC)c1ncc(CNCc2cc(C)on2)s1. The van der Waals surface area contributed by atoms with E-state index in [1.165, 1.54) is 4.88 Å². The van der Waals surface area contributed by atoms with Gasteiger partial charge in [0, 0.05) is 43.3 Å². The Morgan fingerprint density at radius 2 is 2.11 bits per heavy atom. The minimum atomic E-state index is 0.718. The molecule has 0 aliphatic carbocycles. The maximum atomic E-state index is 5.03. The van der Waals surface area contributed by atoms with Crippen LogP contribution in [-0.4, -0.2) is 23.2 Å². The fraction of sp³-hybridized carbons (Fsp3) is 0.538. The zero-order valence-corrected chi connectivity index (χ0v) is 12.5. The quantitative estimate of drug-likeness (QED) is 0.845. The molecule has 2 rings (SSSR count). The zero-order chi connectivity index (χ0) is 13.7. The molecule has 19 heavy (non-hydrogen) atoms. The predicted octanol–water partition coefficient (Wildman–Crippen LogP) is 2.58.